The van der Waals surface area contributed by atoms with E-state index < -0.39 is 14.4 Å². The van der Waals surface area contributed by atoms with Gasteiger partial charge in [0.05, 0.1) is 30.0 Å². The van der Waals surface area contributed by atoms with E-state index in [1.165, 1.54) is 5.56 Å². The Bertz CT molecular complexity index is 2620. The van der Waals surface area contributed by atoms with E-state index in [1.54, 1.807) is 11.0 Å². The Morgan fingerprint density at radius 3 is 2.24 bits per heavy atom. The number of unbranched alkanes of at least 4 members (excludes halogenated alkanes) is 1. The summed E-state index contributed by atoms with van der Waals surface area (Å²) in [5, 5.41) is 15.3. The molecule has 2 atom stereocenters. The van der Waals surface area contributed by atoms with Crippen molar-refractivity contribution in [3.05, 3.63) is 160 Å². The molecule has 5 aromatic carbocycles. The van der Waals surface area contributed by atoms with Crippen molar-refractivity contribution in [3.63, 3.8) is 0 Å². The molecule has 3 fully saturated rings. The number of nitrogens with one attached hydrogen (secondary N) is 2. The number of carbonyl (C=O) groups is 1. The van der Waals surface area contributed by atoms with Crippen molar-refractivity contribution in [1.29, 1.82) is 0 Å². The molecule has 3 N–H and O–H groups in total. The predicted octanol–water partition coefficient (Wildman–Crippen LogP) is 11.6. The molecule has 0 radical (unpaired) electrons. The van der Waals surface area contributed by atoms with E-state index in [0.717, 1.165) is 109 Å². The molecule has 4 heterocycles. The van der Waals surface area contributed by atoms with Crippen LogP contribution in [-0.4, -0.2) is 74.8 Å². The third-order valence-corrected chi connectivity index (χ3v) is 18.7. The summed E-state index contributed by atoms with van der Waals surface area (Å²) < 4.78 is 19.6. The first-order valence-electron chi connectivity index (χ1n) is 24.2. The van der Waals surface area contributed by atoms with Crippen LogP contribution in [0.15, 0.2) is 132 Å². The highest BCUT2D eigenvalue weighted by molar-refractivity contribution is 6.74. The number of ether oxygens (including phenoxy) is 2. The lowest BCUT2D eigenvalue weighted by Gasteiger charge is -2.48. The van der Waals surface area contributed by atoms with Crippen molar-refractivity contribution in [3.8, 4) is 22.6 Å². The third-order valence-electron chi connectivity index (χ3n) is 14.3. The molecule has 352 valence electrons. The average molecular weight is 921 g/mol. The van der Waals surface area contributed by atoms with E-state index in [-0.39, 0.29) is 22.7 Å². The maximum Gasteiger partial charge on any atom is 0.412 e. The molecule has 0 spiro atoms. The summed E-state index contributed by atoms with van der Waals surface area (Å²) in [4.78, 5) is 32.8. The summed E-state index contributed by atoms with van der Waals surface area (Å²) in [6.07, 6.45) is 4.50. The van der Waals surface area contributed by atoms with Gasteiger partial charge in [0, 0.05) is 30.1 Å². The summed E-state index contributed by atoms with van der Waals surface area (Å²) >= 11 is 0. The molecule has 3 saturated heterocycles. The first-order valence-corrected chi connectivity index (χ1v) is 27.1. The van der Waals surface area contributed by atoms with Gasteiger partial charge in [0.2, 0.25) is 5.56 Å². The average Bonchev–Trinajstić information content (AvgIpc) is 3.32. The van der Waals surface area contributed by atoms with Crippen LogP contribution >= 0.6 is 0 Å². The van der Waals surface area contributed by atoms with E-state index in [0.29, 0.717) is 36.9 Å². The summed E-state index contributed by atoms with van der Waals surface area (Å²) in [5.41, 5.74) is 7.73. The van der Waals surface area contributed by atoms with Gasteiger partial charge in [-0.3, -0.25) is 9.69 Å². The molecular formula is C56H68N4O6Si. The van der Waals surface area contributed by atoms with Crippen molar-refractivity contribution >= 4 is 31.0 Å². The van der Waals surface area contributed by atoms with Crippen molar-refractivity contribution in [2.45, 2.75) is 96.2 Å². The van der Waals surface area contributed by atoms with Gasteiger partial charge in [0.1, 0.15) is 18.1 Å². The highest BCUT2D eigenvalue weighted by Gasteiger charge is 2.41. The molecule has 0 aliphatic carbocycles. The molecular weight excluding hydrogens is 853 g/mol. The first kappa shape index (κ1) is 47.8. The summed E-state index contributed by atoms with van der Waals surface area (Å²) in [5.74, 6) is 1.88. The highest BCUT2D eigenvalue weighted by Crippen LogP contribution is 2.42. The van der Waals surface area contributed by atoms with Gasteiger partial charge in [0.15, 0.2) is 8.32 Å². The number of anilines is 1. The molecule has 3 aliphatic rings. The summed E-state index contributed by atoms with van der Waals surface area (Å²) in [6, 6.07) is 42.4. The third kappa shape index (κ3) is 11.9. The maximum atomic E-state index is 13.0. The largest absolute Gasteiger partial charge is 0.494 e. The fourth-order valence-electron chi connectivity index (χ4n) is 9.42. The smallest absolute Gasteiger partial charge is 0.412 e. The number of rotatable bonds is 20. The minimum atomic E-state index is -2.20. The standard InChI is InChI=1S/C56H68N4O6Si/c1-56(2,3)67(4,5)66-52(47-25-27-51(54-48(47)26-28-53(61)58-54)65-39-42-15-8-6-9-16-42)37-57-32-29-40-19-22-45(23-20-40)64-35-13-12-14-41-21-24-46(43-17-10-7-11-18-43)49(36-41)60(55(62)63)50-38-59-33-30-44(50)31-34-59/h6-11,15-28,36,44,50,52,57H,12-14,29-35,37-39H2,1-5H3,(H,58,61)(H,62,63)/t50-,52+/m0/s1. The van der Waals surface area contributed by atoms with Crippen LogP contribution in [0.1, 0.15) is 74.8 Å². The van der Waals surface area contributed by atoms with E-state index in [9.17, 15) is 14.7 Å². The van der Waals surface area contributed by atoms with Gasteiger partial charge in [-0.1, -0.05) is 112 Å². The van der Waals surface area contributed by atoms with Crippen molar-refractivity contribution in [2.24, 2.45) is 5.92 Å². The molecule has 0 unspecified atom stereocenters. The molecule has 3 aliphatic heterocycles. The normalized spacial score (nSPS) is 17.6. The van der Waals surface area contributed by atoms with E-state index in [1.807, 2.05) is 60.7 Å². The number of hydrogen-bond acceptors (Lipinski definition) is 7. The summed E-state index contributed by atoms with van der Waals surface area (Å²) in [6.45, 7) is 16.6. The van der Waals surface area contributed by atoms with Crippen LogP contribution in [0.4, 0.5) is 10.5 Å². The van der Waals surface area contributed by atoms with Crippen LogP contribution in [0.3, 0.4) is 0 Å². The monoisotopic (exact) mass is 920 g/mol. The zero-order valence-corrected chi connectivity index (χ0v) is 40.9. The van der Waals surface area contributed by atoms with E-state index >= 15 is 0 Å². The lowest BCUT2D eigenvalue weighted by atomic mass is 9.82. The minimum Gasteiger partial charge on any atom is -0.494 e. The second-order valence-corrected chi connectivity index (χ2v) is 24.6. The molecule has 1 aromatic heterocycles. The van der Waals surface area contributed by atoms with Crippen LogP contribution in [0.5, 0.6) is 11.5 Å². The Kier molecular flexibility index (Phi) is 15.3. The number of amides is 1. The molecule has 0 saturated carbocycles. The number of fused-ring (bicyclic) bond motifs is 4. The number of benzene rings is 5. The molecule has 9 rings (SSSR count). The van der Waals surface area contributed by atoms with Gasteiger partial charge in [0.25, 0.3) is 0 Å². The number of aromatic amines is 1. The first-order chi connectivity index (χ1) is 32.3. The van der Waals surface area contributed by atoms with Crippen molar-refractivity contribution in [1.82, 2.24) is 15.2 Å². The van der Waals surface area contributed by atoms with Gasteiger partial charge in [-0.25, -0.2) is 4.79 Å². The molecule has 11 heteroatoms. The van der Waals surface area contributed by atoms with Crippen LogP contribution < -0.4 is 25.2 Å². The Morgan fingerprint density at radius 1 is 0.836 bits per heavy atom. The molecule has 1 amide bonds. The molecule has 10 nitrogen and oxygen atoms in total. The lowest BCUT2D eigenvalue weighted by Crippen LogP contribution is -2.59. The van der Waals surface area contributed by atoms with Gasteiger partial charge in [-0.05, 0) is 140 Å². The summed E-state index contributed by atoms with van der Waals surface area (Å²) in [7, 11) is -2.20. The van der Waals surface area contributed by atoms with E-state index in [2.05, 4.69) is 110 Å². The Balaban J connectivity index is 0.854. The molecule has 2 bridgehead atoms. The van der Waals surface area contributed by atoms with E-state index in [4.69, 9.17) is 13.9 Å². The fourth-order valence-corrected chi connectivity index (χ4v) is 10.7. The molecule has 67 heavy (non-hydrogen) atoms. The maximum absolute atomic E-state index is 13.0. The predicted molar refractivity (Wildman–Crippen MR) is 273 cm³/mol. The lowest BCUT2D eigenvalue weighted by molar-refractivity contribution is 0.0837. The highest BCUT2D eigenvalue weighted by atomic mass is 28.4. The number of aryl methyl sites for hydroxylation is 1. The number of hydrogen-bond donors (Lipinski definition) is 3. The van der Waals surface area contributed by atoms with Gasteiger partial charge >= 0.3 is 6.09 Å². The number of nitrogens with zero attached hydrogens (tertiary/aromatic N) is 2. The minimum absolute atomic E-state index is 0.00939. The van der Waals surface area contributed by atoms with Gasteiger partial charge in [-0.15, -0.1) is 0 Å². The van der Waals surface area contributed by atoms with Crippen LogP contribution in [0, 0.1) is 5.92 Å². The molecule has 6 aromatic rings. The Hall–Kier alpha value is -5.72. The zero-order valence-electron chi connectivity index (χ0n) is 39.9. The fraction of sp³-hybridized carbons (Fsp3) is 0.393. The number of pyridine rings is 1. The topological polar surface area (TPSA) is 116 Å². The number of carboxylic acid groups (broad SMARTS) is 1. The number of H-pyrrole nitrogens is 1. The van der Waals surface area contributed by atoms with Crippen LogP contribution in [0.2, 0.25) is 18.1 Å². The Morgan fingerprint density at radius 2 is 1.55 bits per heavy atom. The Labute approximate surface area is 397 Å². The second kappa shape index (κ2) is 21.5. The number of piperidine rings is 3. The zero-order chi connectivity index (χ0) is 47.0. The van der Waals surface area contributed by atoms with Crippen molar-refractivity contribution < 1.29 is 23.8 Å². The second-order valence-electron chi connectivity index (χ2n) is 19.9. The quantitative estimate of drug-likeness (QED) is 0.0512. The van der Waals surface area contributed by atoms with Gasteiger partial charge in [-0.2, -0.15) is 0 Å². The number of aromatic nitrogens is 1. The van der Waals surface area contributed by atoms with Gasteiger partial charge < -0.3 is 34.2 Å². The van der Waals surface area contributed by atoms with Crippen molar-refractivity contribution in [2.75, 3.05) is 44.2 Å². The van der Waals surface area contributed by atoms with Crippen LogP contribution in [0.25, 0.3) is 22.0 Å². The van der Waals surface area contributed by atoms with Crippen LogP contribution in [-0.2, 0) is 23.9 Å². The SMILES string of the molecule is CC(C)(C)[Si](C)(C)O[C@H](CNCCc1ccc(OCCCCc2ccc(-c3ccccc3)c(N(C(=O)O)[C@H]3CN4CCC3CC4)c2)cc1)c1ccc(OCc2ccccc2)c2[nH]c(=O)ccc12.